The Morgan fingerprint density at radius 3 is 2.63 bits per heavy atom. The quantitative estimate of drug-likeness (QED) is 0.246. The fourth-order valence-corrected chi connectivity index (χ4v) is 8.59. The lowest BCUT2D eigenvalue weighted by Gasteiger charge is -2.61. The Morgan fingerprint density at radius 1 is 1.13 bits per heavy atom. The highest BCUT2D eigenvalue weighted by atomic mass is 35.5. The summed E-state index contributed by atoms with van der Waals surface area (Å²) < 4.78 is 1.85. The van der Waals surface area contributed by atoms with Crippen LogP contribution >= 0.6 is 11.6 Å². The maximum atomic E-state index is 14.0. The molecule has 0 unspecified atom stereocenters. The summed E-state index contributed by atoms with van der Waals surface area (Å²) in [5.41, 5.74) is 2.95. The molecule has 1 aromatic heterocycles. The molecule has 9 nitrogen and oxygen atoms in total. The van der Waals surface area contributed by atoms with Crippen molar-refractivity contribution in [2.45, 2.75) is 84.5 Å². The summed E-state index contributed by atoms with van der Waals surface area (Å²) in [6.45, 7) is 11.6. The highest BCUT2D eigenvalue weighted by Crippen LogP contribution is 2.61. The van der Waals surface area contributed by atoms with Gasteiger partial charge in [0, 0.05) is 29.8 Å². The van der Waals surface area contributed by atoms with Gasteiger partial charge in [0.1, 0.15) is 5.82 Å². The highest BCUT2D eigenvalue weighted by Gasteiger charge is 2.56. The summed E-state index contributed by atoms with van der Waals surface area (Å²) in [4.78, 5) is 39.2. The van der Waals surface area contributed by atoms with Crippen LogP contribution in [0.1, 0.15) is 70.8 Å². The Balaban J connectivity index is 1.21. The Labute approximate surface area is 276 Å². The van der Waals surface area contributed by atoms with Crippen molar-refractivity contribution >= 4 is 40.1 Å². The van der Waals surface area contributed by atoms with Crippen molar-refractivity contribution in [1.82, 2.24) is 25.1 Å². The van der Waals surface area contributed by atoms with E-state index in [1.54, 1.807) is 0 Å². The first kappa shape index (κ1) is 31.2. The van der Waals surface area contributed by atoms with Crippen molar-refractivity contribution < 1.29 is 4.79 Å². The zero-order chi connectivity index (χ0) is 32.2. The number of hydrogen-bond donors (Lipinski definition) is 3. The standard InChI is InChI=1S/C36H46ClN7O2/c1-21-19-43(20-32(45)39-21)35(42-30-17-24-16-28(22(30)2)36(24,3)4)40-26-11-12-27-31(18-26)41-33(29-6-5-14-38-29)44(34(27)46)15-13-23-7-9-25(37)10-8-23/h7-12,18,21-22,24,28-30,38H,5-6,13-17,19-20H2,1-4H3,(H,39,45)(H,40,42)/t21-,22-,24+,28-,29-,30-/m0/s1. The third-order valence-electron chi connectivity index (χ3n) is 11.3. The van der Waals surface area contributed by atoms with Crippen LogP contribution in [0.5, 0.6) is 0 Å². The van der Waals surface area contributed by atoms with E-state index in [0.717, 1.165) is 48.8 Å². The number of carbonyl (C=O) groups is 1. The molecule has 3 aromatic rings. The first-order valence-electron chi connectivity index (χ1n) is 17.0. The van der Waals surface area contributed by atoms with Crippen LogP contribution in [0.2, 0.25) is 5.02 Å². The number of halogens is 1. The summed E-state index contributed by atoms with van der Waals surface area (Å²) in [5, 5.41) is 11.5. The Kier molecular flexibility index (Phi) is 8.34. The SMILES string of the molecule is C[C@@H]1[C@@H](/N=C(/Nc2ccc3c(=O)n(CCc4ccc(Cl)cc4)c([C@@H]4CCCN4)nc3c2)N2CC(=O)N[C@@H](C)C2)C[C@H]2C[C@@H]1C2(C)C. The van der Waals surface area contributed by atoms with E-state index in [4.69, 9.17) is 21.6 Å². The topological polar surface area (TPSA) is 104 Å². The van der Waals surface area contributed by atoms with E-state index in [-0.39, 0.29) is 36.1 Å². The number of hydrogen-bond acceptors (Lipinski definition) is 5. The van der Waals surface area contributed by atoms with Gasteiger partial charge >= 0.3 is 0 Å². The fraction of sp³-hybridized carbons (Fsp3) is 0.556. The molecule has 5 fully saturated rings. The molecule has 8 rings (SSSR count). The highest BCUT2D eigenvalue weighted by molar-refractivity contribution is 6.30. The number of aromatic nitrogens is 2. The average Bonchev–Trinajstić information content (AvgIpc) is 3.56. The van der Waals surface area contributed by atoms with Crippen molar-refractivity contribution in [3.63, 3.8) is 0 Å². The molecular weight excluding hydrogens is 598 g/mol. The Bertz CT molecular complexity index is 1710. The summed E-state index contributed by atoms with van der Waals surface area (Å²) in [5.74, 6) is 3.34. The van der Waals surface area contributed by atoms with E-state index in [9.17, 15) is 9.59 Å². The van der Waals surface area contributed by atoms with Crippen molar-refractivity contribution in [1.29, 1.82) is 0 Å². The first-order valence-corrected chi connectivity index (χ1v) is 17.4. The minimum Gasteiger partial charge on any atom is -0.350 e. The second-order valence-electron chi connectivity index (χ2n) is 14.6. The number of carbonyl (C=O) groups excluding carboxylic acids is 1. The molecule has 10 heteroatoms. The molecular formula is C36H46ClN7O2. The molecule has 1 amide bonds. The molecule has 0 spiro atoms. The van der Waals surface area contributed by atoms with E-state index in [2.05, 4.69) is 41.6 Å². The van der Waals surface area contributed by atoms with E-state index >= 15 is 0 Å². The number of nitrogens with zero attached hydrogens (tertiary/aromatic N) is 4. The number of amides is 1. The van der Waals surface area contributed by atoms with Crippen LogP contribution < -0.4 is 21.5 Å². The number of benzene rings is 2. The smallest absolute Gasteiger partial charge is 0.261 e. The van der Waals surface area contributed by atoms with Crippen LogP contribution in [0.3, 0.4) is 0 Å². The van der Waals surface area contributed by atoms with Gasteiger partial charge in [0.05, 0.1) is 29.5 Å². The molecule has 3 aliphatic carbocycles. The summed E-state index contributed by atoms with van der Waals surface area (Å²) >= 11 is 6.10. The third-order valence-corrected chi connectivity index (χ3v) is 11.5. The number of aryl methyl sites for hydroxylation is 1. The largest absolute Gasteiger partial charge is 0.350 e. The molecule has 5 aliphatic rings. The zero-order valence-electron chi connectivity index (χ0n) is 27.4. The number of rotatable bonds is 6. The molecule has 2 bridgehead atoms. The van der Waals surface area contributed by atoms with E-state index in [1.165, 1.54) is 6.42 Å². The first-order chi connectivity index (χ1) is 22.1. The molecule has 0 radical (unpaired) electrons. The molecule has 6 atom stereocenters. The molecule has 244 valence electrons. The maximum Gasteiger partial charge on any atom is 0.261 e. The van der Waals surface area contributed by atoms with Gasteiger partial charge in [-0.3, -0.25) is 14.2 Å². The second kappa shape index (κ2) is 12.3. The molecule has 3 N–H and O–H groups in total. The van der Waals surface area contributed by atoms with Gasteiger partial charge in [-0.1, -0.05) is 44.5 Å². The minimum absolute atomic E-state index is 0.00181. The van der Waals surface area contributed by atoms with Gasteiger partial charge in [-0.2, -0.15) is 0 Å². The summed E-state index contributed by atoms with van der Waals surface area (Å²) in [7, 11) is 0. The van der Waals surface area contributed by atoms with Gasteiger partial charge in [0.15, 0.2) is 5.96 Å². The summed E-state index contributed by atoms with van der Waals surface area (Å²) in [6, 6.07) is 13.8. The second-order valence-corrected chi connectivity index (χ2v) is 15.1. The number of aliphatic imine (C=N–C) groups is 1. The number of piperazine rings is 1. The number of nitrogens with one attached hydrogen (secondary N) is 3. The number of fused-ring (bicyclic) bond motifs is 3. The van der Waals surface area contributed by atoms with Crippen LogP contribution in [0.15, 0.2) is 52.3 Å². The molecule has 2 aliphatic heterocycles. The monoisotopic (exact) mass is 643 g/mol. The molecule has 2 aromatic carbocycles. The van der Waals surface area contributed by atoms with Crippen molar-refractivity contribution in [2.24, 2.45) is 28.2 Å². The van der Waals surface area contributed by atoms with Crippen molar-refractivity contribution in [3.8, 4) is 0 Å². The van der Waals surface area contributed by atoms with Gasteiger partial charge in [0.2, 0.25) is 5.91 Å². The molecule has 3 heterocycles. The molecule has 2 saturated heterocycles. The minimum atomic E-state index is -0.0255. The van der Waals surface area contributed by atoms with E-state index in [1.807, 2.05) is 54.0 Å². The third kappa shape index (κ3) is 5.92. The van der Waals surface area contributed by atoms with Gasteiger partial charge in [-0.15, -0.1) is 0 Å². The predicted octanol–water partition coefficient (Wildman–Crippen LogP) is 5.38. The lowest BCUT2D eigenvalue weighted by atomic mass is 9.45. The lowest BCUT2D eigenvalue weighted by Crippen LogP contribution is -2.58. The Morgan fingerprint density at radius 2 is 1.93 bits per heavy atom. The van der Waals surface area contributed by atoms with E-state index in [0.29, 0.717) is 58.6 Å². The molecule has 3 saturated carbocycles. The van der Waals surface area contributed by atoms with Gasteiger partial charge in [-0.05, 0) is 105 Å². The Hall–Kier alpha value is -3.43. The van der Waals surface area contributed by atoms with Gasteiger partial charge < -0.3 is 20.9 Å². The number of guanidine groups is 1. The van der Waals surface area contributed by atoms with Crippen LogP contribution in [-0.2, 0) is 17.8 Å². The van der Waals surface area contributed by atoms with Crippen molar-refractivity contribution in [2.75, 3.05) is 25.0 Å². The van der Waals surface area contributed by atoms with E-state index < -0.39 is 0 Å². The van der Waals surface area contributed by atoms with Crippen LogP contribution in [-0.4, -0.2) is 58.0 Å². The molecule has 46 heavy (non-hydrogen) atoms. The average molecular weight is 644 g/mol. The maximum absolute atomic E-state index is 14.0. The van der Waals surface area contributed by atoms with Crippen LogP contribution in [0.4, 0.5) is 5.69 Å². The number of anilines is 1. The zero-order valence-corrected chi connectivity index (χ0v) is 28.1. The predicted molar refractivity (Wildman–Crippen MR) is 184 cm³/mol. The van der Waals surface area contributed by atoms with Gasteiger partial charge in [-0.25, -0.2) is 9.98 Å². The fourth-order valence-electron chi connectivity index (χ4n) is 8.46. The van der Waals surface area contributed by atoms with Crippen LogP contribution in [0, 0.1) is 23.2 Å². The summed E-state index contributed by atoms with van der Waals surface area (Å²) in [6.07, 6.45) is 5.07. The van der Waals surface area contributed by atoms with Gasteiger partial charge in [0.25, 0.3) is 5.56 Å². The van der Waals surface area contributed by atoms with Crippen molar-refractivity contribution in [3.05, 3.63) is 69.2 Å². The normalized spacial score (nSPS) is 29.0. The lowest BCUT2D eigenvalue weighted by molar-refractivity contribution is -0.124. The van der Waals surface area contributed by atoms with Crippen LogP contribution in [0.25, 0.3) is 10.9 Å².